The molecule has 4 rings (SSSR count). The van der Waals surface area contributed by atoms with Crippen molar-refractivity contribution in [1.82, 2.24) is 24.6 Å². The van der Waals surface area contributed by atoms with Gasteiger partial charge in [-0.1, -0.05) is 64.0 Å². The molecule has 0 atom stereocenters. The number of rotatable bonds is 7. The van der Waals surface area contributed by atoms with Gasteiger partial charge in [0, 0.05) is 17.6 Å². The molecule has 0 aliphatic carbocycles. The van der Waals surface area contributed by atoms with E-state index in [2.05, 4.69) is 25.7 Å². The Bertz CT molecular complexity index is 1470. The molecule has 4 aromatic rings. The summed E-state index contributed by atoms with van der Waals surface area (Å²) in [5.74, 6) is -0.106. The predicted molar refractivity (Wildman–Crippen MR) is 127 cm³/mol. The van der Waals surface area contributed by atoms with Gasteiger partial charge in [-0.25, -0.2) is 8.42 Å². The molecule has 1 N–H and O–H groups in total. The number of amides is 1. The van der Waals surface area contributed by atoms with Crippen LogP contribution >= 0.6 is 34.5 Å². The van der Waals surface area contributed by atoms with Gasteiger partial charge in [0.15, 0.2) is 0 Å². The maximum absolute atomic E-state index is 12.9. The molecule has 0 fully saturated rings. The molecular formula is C20H16Cl2N6O4S2. The number of anilines is 1. The third-order valence-corrected chi connectivity index (χ3v) is 8.18. The second kappa shape index (κ2) is 9.76. The summed E-state index contributed by atoms with van der Waals surface area (Å²) in [4.78, 5) is 16.7. The number of halogens is 2. The van der Waals surface area contributed by atoms with Gasteiger partial charge in [0.1, 0.15) is 0 Å². The van der Waals surface area contributed by atoms with Crippen LogP contribution in [0, 0.1) is 6.92 Å². The highest BCUT2D eigenvalue weighted by Gasteiger charge is 2.28. The summed E-state index contributed by atoms with van der Waals surface area (Å²) in [5, 5.41) is 14.4. The predicted octanol–water partition coefficient (Wildman–Crippen LogP) is 4.28. The van der Waals surface area contributed by atoms with E-state index >= 15 is 0 Å². The van der Waals surface area contributed by atoms with Gasteiger partial charge in [-0.15, -0.1) is 10.2 Å². The van der Waals surface area contributed by atoms with Crippen molar-refractivity contribution < 1.29 is 17.7 Å². The van der Waals surface area contributed by atoms with Crippen molar-refractivity contribution in [3.63, 3.8) is 0 Å². The molecule has 0 aliphatic heterocycles. The second-order valence-corrected chi connectivity index (χ2v) is 11.1. The number of carbonyl (C=O) groups is 1. The van der Waals surface area contributed by atoms with E-state index in [0.29, 0.717) is 22.2 Å². The first-order chi connectivity index (χ1) is 16.1. The highest BCUT2D eigenvalue weighted by atomic mass is 35.5. The fourth-order valence-corrected chi connectivity index (χ4v) is 5.56. The van der Waals surface area contributed by atoms with E-state index in [-0.39, 0.29) is 32.5 Å². The number of nitrogens with zero attached hydrogens (tertiary/aromatic N) is 5. The second-order valence-electron chi connectivity index (χ2n) is 7.04. The van der Waals surface area contributed by atoms with Gasteiger partial charge in [-0.05, 0) is 30.7 Å². The highest BCUT2D eigenvalue weighted by molar-refractivity contribution is 7.91. The summed E-state index contributed by atoms with van der Waals surface area (Å²) in [5.41, 5.74) is 1.90. The Labute approximate surface area is 208 Å². The molecule has 34 heavy (non-hydrogen) atoms. The number of nitrogens with one attached hydrogen (secondary N) is 1. The van der Waals surface area contributed by atoms with Crippen LogP contribution in [-0.2, 0) is 16.6 Å². The third-order valence-electron chi connectivity index (χ3n) is 4.65. The van der Waals surface area contributed by atoms with Gasteiger partial charge < -0.3 is 4.52 Å². The zero-order valence-corrected chi connectivity index (χ0v) is 20.8. The summed E-state index contributed by atoms with van der Waals surface area (Å²) < 4.78 is 31.8. The normalized spacial score (nSPS) is 11.7. The van der Waals surface area contributed by atoms with Crippen LogP contribution in [0.1, 0.15) is 21.8 Å². The Hall–Kier alpha value is -2.90. The average molecular weight is 539 g/mol. The van der Waals surface area contributed by atoms with Crippen molar-refractivity contribution in [3.8, 4) is 11.4 Å². The van der Waals surface area contributed by atoms with E-state index in [1.54, 1.807) is 0 Å². The van der Waals surface area contributed by atoms with Crippen LogP contribution in [0.2, 0.25) is 10.0 Å². The SMILES string of the molecule is Cc1ccccc1-c1noc(CN(C)S(=O)(=O)c2nnc(NC(=O)c3ccc(Cl)cc3Cl)s2)n1. The Balaban J connectivity index is 1.46. The maximum Gasteiger partial charge on any atom is 0.272 e. The van der Waals surface area contributed by atoms with Gasteiger partial charge in [0.2, 0.25) is 21.2 Å². The molecule has 176 valence electrons. The van der Waals surface area contributed by atoms with E-state index in [1.807, 2.05) is 31.2 Å². The molecule has 0 saturated heterocycles. The Morgan fingerprint density at radius 2 is 1.94 bits per heavy atom. The monoisotopic (exact) mass is 538 g/mol. The minimum Gasteiger partial charge on any atom is -0.338 e. The van der Waals surface area contributed by atoms with Crippen LogP contribution in [0.25, 0.3) is 11.4 Å². The van der Waals surface area contributed by atoms with E-state index in [4.69, 9.17) is 27.7 Å². The molecule has 0 radical (unpaired) electrons. The lowest BCUT2D eigenvalue weighted by molar-refractivity contribution is 0.102. The molecule has 2 aromatic carbocycles. The van der Waals surface area contributed by atoms with Crippen molar-refractivity contribution >= 4 is 55.6 Å². The van der Waals surface area contributed by atoms with Crippen LogP contribution in [0.15, 0.2) is 51.3 Å². The van der Waals surface area contributed by atoms with E-state index in [1.165, 1.54) is 25.2 Å². The molecule has 0 unspecified atom stereocenters. The average Bonchev–Trinajstić information content (AvgIpc) is 3.44. The van der Waals surface area contributed by atoms with Crippen LogP contribution in [0.5, 0.6) is 0 Å². The first kappa shape index (κ1) is 24.2. The lowest BCUT2D eigenvalue weighted by Gasteiger charge is -2.11. The molecule has 0 aliphatic rings. The van der Waals surface area contributed by atoms with E-state index in [9.17, 15) is 13.2 Å². The number of hydrogen-bond donors (Lipinski definition) is 1. The molecule has 0 saturated carbocycles. The van der Waals surface area contributed by atoms with Crippen molar-refractivity contribution in [2.75, 3.05) is 12.4 Å². The van der Waals surface area contributed by atoms with Gasteiger partial charge >= 0.3 is 0 Å². The minimum absolute atomic E-state index is 0.0115. The van der Waals surface area contributed by atoms with E-state index in [0.717, 1.165) is 15.4 Å². The highest BCUT2D eigenvalue weighted by Crippen LogP contribution is 2.26. The lowest BCUT2D eigenvalue weighted by Crippen LogP contribution is -2.26. The summed E-state index contributed by atoms with van der Waals surface area (Å²) >= 11 is 12.6. The van der Waals surface area contributed by atoms with Crippen molar-refractivity contribution in [2.45, 2.75) is 17.8 Å². The topological polar surface area (TPSA) is 131 Å². The van der Waals surface area contributed by atoms with Crippen LogP contribution in [-0.4, -0.2) is 46.0 Å². The Morgan fingerprint density at radius 1 is 1.18 bits per heavy atom. The lowest BCUT2D eigenvalue weighted by atomic mass is 10.1. The largest absolute Gasteiger partial charge is 0.338 e. The van der Waals surface area contributed by atoms with Gasteiger partial charge in [0.25, 0.3) is 15.9 Å². The summed E-state index contributed by atoms with van der Waals surface area (Å²) in [6, 6.07) is 11.9. The quantitative estimate of drug-likeness (QED) is 0.345. The first-order valence-corrected chi connectivity index (χ1v) is 12.6. The zero-order valence-electron chi connectivity index (χ0n) is 17.7. The number of sulfonamides is 1. The summed E-state index contributed by atoms with van der Waals surface area (Å²) in [6.07, 6.45) is 0. The molecule has 14 heteroatoms. The molecule has 2 aromatic heterocycles. The third kappa shape index (κ3) is 5.10. The minimum atomic E-state index is -4.04. The van der Waals surface area contributed by atoms with Crippen LogP contribution in [0.3, 0.4) is 0 Å². The first-order valence-electron chi connectivity index (χ1n) is 9.60. The molecule has 0 bridgehead atoms. The number of aromatic nitrogens is 4. The van der Waals surface area contributed by atoms with Crippen molar-refractivity contribution in [2.24, 2.45) is 0 Å². The fourth-order valence-electron chi connectivity index (χ4n) is 2.86. The number of hydrogen-bond acceptors (Lipinski definition) is 9. The van der Waals surface area contributed by atoms with E-state index < -0.39 is 15.9 Å². The molecule has 10 nitrogen and oxygen atoms in total. The number of aryl methyl sites for hydroxylation is 1. The van der Waals surface area contributed by atoms with Crippen molar-refractivity contribution in [1.29, 1.82) is 0 Å². The number of benzene rings is 2. The zero-order chi connectivity index (χ0) is 24.5. The van der Waals surface area contributed by atoms with Gasteiger partial charge in [-0.2, -0.15) is 9.29 Å². The summed E-state index contributed by atoms with van der Waals surface area (Å²) in [6.45, 7) is 1.73. The van der Waals surface area contributed by atoms with Crippen LogP contribution in [0.4, 0.5) is 5.13 Å². The molecular weight excluding hydrogens is 523 g/mol. The standard InChI is InChI=1S/C20H16Cl2N6O4S2/c1-11-5-3-4-6-13(11)17-23-16(32-27-17)10-28(2)34(30,31)20-26-25-19(33-20)24-18(29)14-8-7-12(21)9-15(14)22/h3-9H,10H2,1-2H3,(H,24,25,29). The summed E-state index contributed by atoms with van der Waals surface area (Å²) in [7, 11) is -2.69. The van der Waals surface area contributed by atoms with Crippen molar-refractivity contribution in [3.05, 3.63) is 69.5 Å². The number of carbonyl (C=O) groups excluding carboxylic acids is 1. The molecule has 1 amide bonds. The molecule has 0 spiro atoms. The smallest absolute Gasteiger partial charge is 0.272 e. The fraction of sp³-hybridized carbons (Fsp3) is 0.150. The van der Waals surface area contributed by atoms with Crippen LogP contribution < -0.4 is 5.32 Å². The molecule has 2 heterocycles. The van der Waals surface area contributed by atoms with Gasteiger partial charge in [-0.3, -0.25) is 10.1 Å². The van der Waals surface area contributed by atoms with Gasteiger partial charge in [0.05, 0.1) is 17.1 Å². The Morgan fingerprint density at radius 3 is 2.68 bits per heavy atom. The maximum atomic E-state index is 12.9. The Kier molecular flexibility index (Phi) is 6.96.